The maximum atomic E-state index is 13.3. The molecule has 162 valence electrons. The Bertz CT molecular complexity index is 1280. The predicted molar refractivity (Wildman–Crippen MR) is 109 cm³/mol. The minimum Gasteiger partial charge on any atom is -0.337 e. The fourth-order valence-electron chi connectivity index (χ4n) is 4.15. The molecule has 0 radical (unpaired) electrons. The zero-order valence-electron chi connectivity index (χ0n) is 17.1. The number of aromatic nitrogens is 3. The van der Waals surface area contributed by atoms with Gasteiger partial charge in [-0.15, -0.1) is 0 Å². The van der Waals surface area contributed by atoms with Crippen molar-refractivity contribution in [3.8, 4) is 28.5 Å². The first-order chi connectivity index (χ1) is 15.2. The molecule has 0 saturated heterocycles. The molecule has 5 rings (SSSR count). The summed E-state index contributed by atoms with van der Waals surface area (Å²) in [5.74, 6) is -0.0884. The van der Waals surface area contributed by atoms with E-state index in [1.807, 2.05) is 18.2 Å². The van der Waals surface area contributed by atoms with Crippen molar-refractivity contribution < 1.29 is 18.0 Å². The summed E-state index contributed by atoms with van der Waals surface area (Å²) in [6.07, 6.45) is -0.972. The van der Waals surface area contributed by atoms with Crippen LogP contribution in [0.25, 0.3) is 22.4 Å². The van der Waals surface area contributed by atoms with Gasteiger partial charge in [0.15, 0.2) is 0 Å². The van der Waals surface area contributed by atoms with Gasteiger partial charge in [-0.2, -0.15) is 23.5 Å². The van der Waals surface area contributed by atoms with E-state index in [-0.39, 0.29) is 31.0 Å². The molecule has 3 heterocycles. The van der Waals surface area contributed by atoms with Crippen molar-refractivity contribution in [2.24, 2.45) is 5.41 Å². The molecule has 1 aromatic carbocycles. The van der Waals surface area contributed by atoms with Crippen LogP contribution in [-0.2, 0) is 13.1 Å². The Balaban J connectivity index is 1.54. The highest BCUT2D eigenvalue weighted by atomic mass is 19.4. The van der Waals surface area contributed by atoms with Crippen LogP contribution >= 0.6 is 0 Å². The number of benzene rings is 1. The number of carbonyl (C=O) groups is 1. The molecule has 0 atom stereocenters. The largest absolute Gasteiger partial charge is 0.396 e. The first-order valence-corrected chi connectivity index (χ1v) is 10.1. The highest BCUT2D eigenvalue weighted by Gasteiger charge is 2.63. The molecule has 0 spiro atoms. The summed E-state index contributed by atoms with van der Waals surface area (Å²) in [6.45, 7) is 0.302. The summed E-state index contributed by atoms with van der Waals surface area (Å²) >= 11 is 0. The van der Waals surface area contributed by atoms with Gasteiger partial charge in [-0.05, 0) is 36.6 Å². The molecule has 1 aliphatic heterocycles. The molecule has 0 unspecified atom stereocenters. The number of amides is 1. The number of alkyl halides is 3. The Morgan fingerprint density at radius 1 is 1.16 bits per heavy atom. The number of pyridine rings is 1. The lowest BCUT2D eigenvalue weighted by molar-refractivity contribution is -0.191. The van der Waals surface area contributed by atoms with Crippen molar-refractivity contribution in [2.45, 2.75) is 32.1 Å². The van der Waals surface area contributed by atoms with Gasteiger partial charge >= 0.3 is 6.18 Å². The molecule has 1 amide bonds. The van der Waals surface area contributed by atoms with Gasteiger partial charge in [0.2, 0.25) is 0 Å². The normalized spacial score (nSPS) is 16.7. The summed E-state index contributed by atoms with van der Waals surface area (Å²) in [5, 5.41) is 13.5. The van der Waals surface area contributed by atoms with Crippen LogP contribution in [0.3, 0.4) is 0 Å². The van der Waals surface area contributed by atoms with Crippen LogP contribution in [-0.4, -0.2) is 38.8 Å². The number of nitriles is 1. The third-order valence-corrected chi connectivity index (χ3v) is 6.24. The van der Waals surface area contributed by atoms with Crippen LogP contribution in [0.2, 0.25) is 0 Å². The second-order valence-corrected chi connectivity index (χ2v) is 8.44. The summed E-state index contributed by atoms with van der Waals surface area (Å²) in [5.41, 5.74) is 2.35. The second-order valence-electron chi connectivity index (χ2n) is 8.44. The quantitative estimate of drug-likeness (QED) is 0.606. The highest BCUT2D eigenvalue weighted by molar-refractivity contribution is 5.99. The molecule has 0 N–H and O–H groups in total. The van der Waals surface area contributed by atoms with E-state index in [9.17, 15) is 23.2 Å². The Morgan fingerprint density at radius 3 is 2.62 bits per heavy atom. The molecule has 2 aromatic heterocycles. The van der Waals surface area contributed by atoms with Crippen LogP contribution in [0, 0.1) is 16.7 Å². The van der Waals surface area contributed by atoms with Crippen molar-refractivity contribution in [1.29, 1.82) is 5.26 Å². The number of rotatable bonds is 4. The molecule has 32 heavy (non-hydrogen) atoms. The van der Waals surface area contributed by atoms with Gasteiger partial charge in [-0.25, -0.2) is 4.98 Å². The van der Waals surface area contributed by atoms with Gasteiger partial charge < -0.3 is 4.90 Å². The number of fused-ring (bicyclic) bond motifs is 1. The van der Waals surface area contributed by atoms with Crippen molar-refractivity contribution in [3.05, 3.63) is 59.5 Å². The smallest absolute Gasteiger partial charge is 0.337 e. The molecule has 6 nitrogen and oxygen atoms in total. The minimum absolute atomic E-state index is 0.0884. The van der Waals surface area contributed by atoms with E-state index in [1.165, 1.54) is 10.9 Å². The lowest BCUT2D eigenvalue weighted by Gasteiger charge is -2.18. The average Bonchev–Trinajstić information content (AvgIpc) is 3.33. The van der Waals surface area contributed by atoms with Gasteiger partial charge in [0.25, 0.3) is 5.91 Å². The Morgan fingerprint density at radius 2 is 1.94 bits per heavy atom. The summed E-state index contributed by atoms with van der Waals surface area (Å²) in [6, 6.07) is 10.7. The fraction of sp³-hybridized carbons (Fsp3) is 0.304. The summed E-state index contributed by atoms with van der Waals surface area (Å²) in [7, 11) is 1.73. The molecule has 1 saturated carbocycles. The third-order valence-electron chi connectivity index (χ3n) is 6.24. The molecular formula is C23H18F3N5O. The van der Waals surface area contributed by atoms with Gasteiger partial charge in [0.05, 0.1) is 23.9 Å². The van der Waals surface area contributed by atoms with E-state index in [0.29, 0.717) is 34.5 Å². The van der Waals surface area contributed by atoms with Crippen LogP contribution in [0.15, 0.2) is 42.7 Å². The monoisotopic (exact) mass is 437 g/mol. The molecule has 2 aliphatic rings. The number of halogens is 3. The van der Waals surface area contributed by atoms with Crippen molar-refractivity contribution >= 4 is 5.91 Å². The van der Waals surface area contributed by atoms with E-state index >= 15 is 0 Å². The zero-order valence-corrected chi connectivity index (χ0v) is 17.1. The van der Waals surface area contributed by atoms with Gasteiger partial charge in [-0.1, -0.05) is 12.1 Å². The minimum atomic E-state index is -4.26. The molecule has 9 heteroatoms. The molecular weight excluding hydrogens is 419 g/mol. The Kier molecular flexibility index (Phi) is 4.38. The fourth-order valence-corrected chi connectivity index (χ4v) is 4.15. The van der Waals surface area contributed by atoms with Crippen LogP contribution in [0.4, 0.5) is 13.2 Å². The van der Waals surface area contributed by atoms with E-state index in [0.717, 1.165) is 5.56 Å². The Labute approximate surface area is 181 Å². The maximum Gasteiger partial charge on any atom is 0.396 e. The van der Waals surface area contributed by atoms with Crippen LogP contribution in [0.1, 0.15) is 34.5 Å². The highest BCUT2D eigenvalue weighted by Crippen LogP contribution is 2.58. The molecule has 0 bridgehead atoms. The van der Waals surface area contributed by atoms with E-state index < -0.39 is 11.6 Å². The topological polar surface area (TPSA) is 74.8 Å². The first kappa shape index (κ1) is 20.2. The van der Waals surface area contributed by atoms with E-state index in [1.54, 1.807) is 36.3 Å². The number of carbonyl (C=O) groups excluding carboxylic acids is 1. The first-order valence-electron chi connectivity index (χ1n) is 10.1. The third kappa shape index (κ3) is 3.23. The van der Waals surface area contributed by atoms with E-state index in [2.05, 4.69) is 10.1 Å². The van der Waals surface area contributed by atoms with Crippen molar-refractivity contribution in [3.63, 3.8) is 0 Å². The second kappa shape index (κ2) is 6.92. The average molecular weight is 437 g/mol. The number of hydrogen-bond donors (Lipinski definition) is 0. The predicted octanol–water partition coefficient (Wildman–Crippen LogP) is 4.41. The van der Waals surface area contributed by atoms with Gasteiger partial charge in [0.1, 0.15) is 11.8 Å². The lowest BCUT2D eigenvalue weighted by Crippen LogP contribution is -2.29. The molecule has 1 fully saturated rings. The standard InChI is InChI=1S/C23H18F3N5O/c1-30-11-15-3-2-14(8-19(15)21(30)32)20-18(5-4-17(9-27)29-20)16-10-28-31(12-16)13-22(6-7-22)23(24,25)26/h2-5,8,10,12H,6-7,11,13H2,1H3. The molecule has 1 aliphatic carbocycles. The summed E-state index contributed by atoms with van der Waals surface area (Å²) in [4.78, 5) is 18.5. The lowest BCUT2D eigenvalue weighted by atomic mass is 9.98. The summed E-state index contributed by atoms with van der Waals surface area (Å²) < 4.78 is 41.3. The zero-order chi connectivity index (χ0) is 22.7. The van der Waals surface area contributed by atoms with Crippen molar-refractivity contribution in [2.75, 3.05) is 7.05 Å². The van der Waals surface area contributed by atoms with Gasteiger partial charge in [-0.3, -0.25) is 9.48 Å². The van der Waals surface area contributed by atoms with Crippen LogP contribution < -0.4 is 0 Å². The maximum absolute atomic E-state index is 13.3. The molecule has 3 aromatic rings. The van der Waals surface area contributed by atoms with Crippen molar-refractivity contribution in [1.82, 2.24) is 19.7 Å². The number of hydrogen-bond acceptors (Lipinski definition) is 4. The SMILES string of the molecule is CN1Cc2ccc(-c3nc(C#N)ccc3-c3cnn(CC4(C(F)(F)F)CC4)c3)cc2C1=O. The Hall–Kier alpha value is -3.67. The van der Waals surface area contributed by atoms with E-state index in [4.69, 9.17) is 0 Å². The number of nitrogens with zero attached hydrogens (tertiary/aromatic N) is 5. The van der Waals surface area contributed by atoms with Crippen LogP contribution in [0.5, 0.6) is 0 Å². The van der Waals surface area contributed by atoms with Gasteiger partial charge in [0, 0.05) is 42.0 Å².